The lowest BCUT2D eigenvalue weighted by Gasteiger charge is -2.19. The topological polar surface area (TPSA) is 57.9 Å². The molecule has 0 atom stereocenters. The minimum Gasteiger partial charge on any atom is -0.343 e. The lowest BCUT2D eigenvalue weighted by atomic mass is 9.95. The van der Waals surface area contributed by atoms with Gasteiger partial charge < -0.3 is 10.3 Å². The first-order valence-corrected chi connectivity index (χ1v) is 11.5. The van der Waals surface area contributed by atoms with Gasteiger partial charge in [0.15, 0.2) is 0 Å². The largest absolute Gasteiger partial charge is 0.406 e. The second-order valence-electron chi connectivity index (χ2n) is 9.70. The fourth-order valence-electron chi connectivity index (χ4n) is 4.50. The number of aryl methyl sites for hydroxylation is 1. The Morgan fingerprint density at radius 2 is 1.49 bits per heavy atom. The van der Waals surface area contributed by atoms with Crippen LogP contribution in [-0.4, -0.2) is 26.1 Å². The van der Waals surface area contributed by atoms with E-state index in [9.17, 15) is 35.5 Å². The van der Waals surface area contributed by atoms with Crippen LogP contribution in [0.5, 0.6) is 0 Å². The minimum atomic E-state index is -4.70. The highest BCUT2D eigenvalue weighted by atomic mass is 19.4. The summed E-state index contributed by atoms with van der Waals surface area (Å²) in [5.74, 6) is -0.744. The Morgan fingerprint density at radius 1 is 0.811 bits per heavy atom. The zero-order chi connectivity index (χ0) is 27.3. The molecule has 2 N–H and O–H groups in total. The first kappa shape index (κ1) is 26.8. The smallest absolute Gasteiger partial charge is 0.343 e. The summed E-state index contributed by atoms with van der Waals surface area (Å²) in [4.78, 5) is 13.1. The van der Waals surface area contributed by atoms with Crippen LogP contribution in [0.2, 0.25) is 0 Å². The molecule has 0 bridgehead atoms. The molecule has 200 valence electrons. The predicted octanol–water partition coefficient (Wildman–Crippen LogP) is 6.04. The van der Waals surface area contributed by atoms with Gasteiger partial charge in [0, 0.05) is 35.1 Å². The second kappa shape index (κ2) is 9.23. The molecule has 5 nitrogen and oxygen atoms in total. The van der Waals surface area contributed by atoms with Crippen molar-refractivity contribution in [3.05, 3.63) is 70.0 Å². The Labute approximate surface area is 206 Å². The summed E-state index contributed by atoms with van der Waals surface area (Å²) in [6, 6.07) is 9.95. The fraction of sp³-hybridized carbons (Fsp3) is 0.400. The van der Waals surface area contributed by atoms with Crippen LogP contribution >= 0.6 is 0 Å². The lowest BCUT2D eigenvalue weighted by molar-refractivity contribution is -0.140. The van der Waals surface area contributed by atoms with Gasteiger partial charge in [-0.1, -0.05) is 6.07 Å². The molecular formula is C25H25F7N4O. The molecule has 0 spiro atoms. The van der Waals surface area contributed by atoms with Crippen molar-refractivity contribution in [3.8, 4) is 0 Å². The second-order valence-corrected chi connectivity index (χ2v) is 9.70. The summed E-state index contributed by atoms with van der Waals surface area (Å²) < 4.78 is 95.2. The van der Waals surface area contributed by atoms with E-state index in [1.54, 1.807) is 42.7 Å². The Morgan fingerprint density at radius 3 is 2.11 bits per heavy atom. The van der Waals surface area contributed by atoms with Gasteiger partial charge in [-0.3, -0.25) is 9.13 Å². The van der Waals surface area contributed by atoms with E-state index in [-0.39, 0.29) is 30.5 Å². The highest BCUT2D eigenvalue weighted by Gasteiger charge is 2.31. The highest BCUT2D eigenvalue weighted by molar-refractivity contribution is 5.83. The average molecular weight is 530 g/mol. The van der Waals surface area contributed by atoms with Gasteiger partial charge in [0.1, 0.15) is 12.4 Å². The molecule has 0 radical (unpaired) electrons. The van der Waals surface area contributed by atoms with Gasteiger partial charge in [-0.25, -0.2) is 9.18 Å². The van der Waals surface area contributed by atoms with E-state index in [0.717, 1.165) is 28.3 Å². The van der Waals surface area contributed by atoms with Crippen molar-refractivity contribution in [3.63, 3.8) is 0 Å². The van der Waals surface area contributed by atoms with Crippen LogP contribution in [0.25, 0.3) is 21.9 Å². The summed E-state index contributed by atoms with van der Waals surface area (Å²) >= 11 is 0. The standard InChI is InChI=1S/C25H25F7N4O/c1-23(2,33)16-4-6-19-15(10-16)11-18(34(19)9-3-8-24(27,28)29)13-35-21-12-17(26)5-7-20(21)36(22(35)37)14-25(30,31)32/h4-7,10-12H,3,8-9,13-14,33H2,1-2H3. The van der Waals surface area contributed by atoms with Crippen LogP contribution in [0.3, 0.4) is 0 Å². The van der Waals surface area contributed by atoms with E-state index >= 15 is 0 Å². The van der Waals surface area contributed by atoms with Crippen molar-refractivity contribution in [1.29, 1.82) is 0 Å². The number of imidazole rings is 1. The zero-order valence-corrected chi connectivity index (χ0v) is 20.0. The summed E-state index contributed by atoms with van der Waals surface area (Å²) in [5, 5.41) is 0.649. The van der Waals surface area contributed by atoms with Gasteiger partial charge in [0.2, 0.25) is 0 Å². The van der Waals surface area contributed by atoms with Gasteiger partial charge in [-0.2, -0.15) is 26.3 Å². The van der Waals surface area contributed by atoms with Crippen LogP contribution in [0.15, 0.2) is 47.3 Å². The molecule has 0 aliphatic heterocycles. The quantitative estimate of drug-likeness (QED) is 0.296. The van der Waals surface area contributed by atoms with Crippen LogP contribution in [0.1, 0.15) is 37.9 Å². The molecule has 37 heavy (non-hydrogen) atoms. The van der Waals surface area contributed by atoms with Crippen molar-refractivity contribution in [2.24, 2.45) is 5.73 Å². The Bertz CT molecular complexity index is 1500. The third-order valence-corrected chi connectivity index (χ3v) is 6.21. The van der Waals surface area contributed by atoms with Gasteiger partial charge in [-0.05, 0) is 62.2 Å². The zero-order valence-electron chi connectivity index (χ0n) is 20.0. The summed E-state index contributed by atoms with van der Waals surface area (Å²) in [6.07, 6.45) is -10.3. The third-order valence-electron chi connectivity index (χ3n) is 6.21. The highest BCUT2D eigenvalue weighted by Crippen LogP contribution is 2.29. The summed E-state index contributed by atoms with van der Waals surface area (Å²) in [5.41, 5.74) is 6.07. The molecule has 2 heterocycles. The van der Waals surface area contributed by atoms with Crippen LogP contribution in [-0.2, 0) is 25.2 Å². The monoisotopic (exact) mass is 530 g/mol. The van der Waals surface area contributed by atoms with Gasteiger partial charge in [-0.15, -0.1) is 0 Å². The van der Waals surface area contributed by atoms with Crippen LogP contribution < -0.4 is 11.4 Å². The summed E-state index contributed by atoms with van der Waals surface area (Å²) in [6.45, 7) is 1.70. The molecule has 4 rings (SSSR count). The Kier molecular flexibility index (Phi) is 6.68. The number of hydrogen-bond donors (Lipinski definition) is 1. The summed E-state index contributed by atoms with van der Waals surface area (Å²) in [7, 11) is 0. The van der Waals surface area contributed by atoms with Crippen molar-refractivity contribution in [2.45, 2.75) is 64.2 Å². The third kappa shape index (κ3) is 5.84. The molecule has 0 aliphatic carbocycles. The van der Waals surface area contributed by atoms with E-state index in [2.05, 4.69) is 0 Å². The van der Waals surface area contributed by atoms with E-state index in [1.165, 1.54) is 0 Å². The number of hydrogen-bond acceptors (Lipinski definition) is 2. The molecule has 4 aromatic rings. The number of nitrogens with zero attached hydrogens (tertiary/aromatic N) is 3. The maximum atomic E-state index is 14.0. The first-order valence-electron chi connectivity index (χ1n) is 11.5. The molecule has 0 saturated carbocycles. The number of halogens is 7. The van der Waals surface area contributed by atoms with Gasteiger partial charge >= 0.3 is 18.0 Å². The maximum absolute atomic E-state index is 14.0. The number of alkyl halides is 6. The lowest BCUT2D eigenvalue weighted by Crippen LogP contribution is -2.30. The van der Waals surface area contributed by atoms with Crippen LogP contribution in [0.4, 0.5) is 30.7 Å². The molecule has 0 unspecified atom stereocenters. The SMILES string of the molecule is CC(C)(N)c1ccc2c(c1)cc(Cn1c(=O)n(CC(F)(F)F)c3ccc(F)cc31)n2CCCC(F)(F)F. The van der Waals surface area contributed by atoms with E-state index in [4.69, 9.17) is 5.73 Å². The van der Waals surface area contributed by atoms with Crippen molar-refractivity contribution in [2.75, 3.05) is 0 Å². The molecule has 2 aromatic heterocycles. The fourth-order valence-corrected chi connectivity index (χ4v) is 4.50. The molecular weight excluding hydrogens is 505 g/mol. The van der Waals surface area contributed by atoms with Gasteiger partial charge in [0.05, 0.1) is 17.6 Å². The number of nitrogens with two attached hydrogens (primary N) is 1. The Balaban J connectivity index is 1.85. The number of aromatic nitrogens is 3. The molecule has 0 aliphatic rings. The molecule has 0 amide bonds. The van der Waals surface area contributed by atoms with E-state index in [1.807, 2.05) is 0 Å². The molecule has 12 heteroatoms. The number of rotatable bonds is 7. The average Bonchev–Trinajstić information content (AvgIpc) is 3.21. The van der Waals surface area contributed by atoms with Gasteiger partial charge in [0.25, 0.3) is 0 Å². The van der Waals surface area contributed by atoms with E-state index < -0.39 is 42.4 Å². The molecule has 0 saturated heterocycles. The minimum absolute atomic E-state index is 0.0476. The van der Waals surface area contributed by atoms with E-state index in [0.29, 0.717) is 21.2 Å². The van der Waals surface area contributed by atoms with Crippen molar-refractivity contribution >= 4 is 21.9 Å². The van der Waals surface area contributed by atoms with Crippen LogP contribution in [0, 0.1) is 5.82 Å². The number of benzene rings is 2. The predicted molar refractivity (Wildman–Crippen MR) is 126 cm³/mol. The Hall–Kier alpha value is -3.28. The molecule has 0 fully saturated rings. The normalized spacial score (nSPS) is 13.2. The van der Waals surface area contributed by atoms with Crippen molar-refractivity contribution < 1.29 is 30.7 Å². The first-order chi connectivity index (χ1) is 17.0. The molecule has 2 aromatic carbocycles. The number of fused-ring (bicyclic) bond motifs is 2. The van der Waals surface area contributed by atoms with Crippen molar-refractivity contribution in [1.82, 2.24) is 13.7 Å². The maximum Gasteiger partial charge on any atom is 0.406 e.